The second-order valence-corrected chi connectivity index (χ2v) is 5.79. The molecule has 1 amide bonds. The Morgan fingerprint density at radius 1 is 1.32 bits per heavy atom. The highest BCUT2D eigenvalue weighted by Crippen LogP contribution is 2.17. The van der Waals surface area contributed by atoms with Crippen LogP contribution in [0.4, 0.5) is 0 Å². The Bertz CT molecular complexity index is 416. The third kappa shape index (κ3) is 5.33. The van der Waals surface area contributed by atoms with Gasteiger partial charge in [-0.3, -0.25) is 4.79 Å². The molecule has 0 radical (unpaired) electrons. The Morgan fingerprint density at radius 2 is 1.95 bits per heavy atom. The molecule has 0 atom stereocenters. The minimum atomic E-state index is -0.275. The summed E-state index contributed by atoms with van der Waals surface area (Å²) in [5.41, 5.74) is 7.03. The third-order valence-electron chi connectivity index (χ3n) is 3.63. The van der Waals surface area contributed by atoms with Crippen LogP contribution in [0.3, 0.4) is 0 Å². The van der Waals surface area contributed by atoms with E-state index in [1.807, 2.05) is 24.3 Å². The zero-order valence-corrected chi connectivity index (χ0v) is 13.3. The van der Waals surface area contributed by atoms with E-state index in [-0.39, 0.29) is 11.4 Å². The molecule has 0 unspecified atom stereocenters. The number of rotatable bonds is 7. The maximum Gasteiger partial charge on any atom is 0.220 e. The molecule has 1 aromatic rings. The fraction of sp³-hybridized carbons (Fsp3) is 0.533. The van der Waals surface area contributed by atoms with Gasteiger partial charge in [0.05, 0.1) is 0 Å². The lowest BCUT2D eigenvalue weighted by molar-refractivity contribution is -0.121. The lowest BCUT2D eigenvalue weighted by atomic mass is 9.94. The summed E-state index contributed by atoms with van der Waals surface area (Å²) < 4.78 is 1.05. The van der Waals surface area contributed by atoms with Crippen molar-refractivity contribution in [2.75, 3.05) is 6.54 Å². The molecule has 3 nitrogen and oxygen atoms in total. The topological polar surface area (TPSA) is 55.1 Å². The van der Waals surface area contributed by atoms with Gasteiger partial charge < -0.3 is 11.1 Å². The van der Waals surface area contributed by atoms with Crippen molar-refractivity contribution in [3.63, 3.8) is 0 Å². The van der Waals surface area contributed by atoms with E-state index in [4.69, 9.17) is 5.73 Å². The second kappa shape index (κ2) is 7.65. The molecule has 0 aromatic heterocycles. The number of aryl methyl sites for hydroxylation is 1. The normalized spacial score (nSPS) is 11.4. The Hall–Kier alpha value is -0.870. The van der Waals surface area contributed by atoms with Gasteiger partial charge in [-0.1, -0.05) is 48.0 Å². The van der Waals surface area contributed by atoms with Gasteiger partial charge in [0, 0.05) is 23.0 Å². The van der Waals surface area contributed by atoms with Gasteiger partial charge in [0.2, 0.25) is 5.91 Å². The average molecular weight is 327 g/mol. The largest absolute Gasteiger partial charge is 0.354 e. The minimum Gasteiger partial charge on any atom is -0.354 e. The Labute approximate surface area is 124 Å². The smallest absolute Gasteiger partial charge is 0.220 e. The highest BCUT2D eigenvalue weighted by atomic mass is 79.9. The maximum absolute atomic E-state index is 11.8. The van der Waals surface area contributed by atoms with Gasteiger partial charge in [0.25, 0.3) is 0 Å². The molecule has 1 rings (SSSR count). The molecule has 3 N–H and O–H groups in total. The predicted molar refractivity (Wildman–Crippen MR) is 83.0 cm³/mol. The highest BCUT2D eigenvalue weighted by Gasteiger charge is 2.20. The van der Waals surface area contributed by atoms with E-state index in [0.29, 0.717) is 13.0 Å². The van der Waals surface area contributed by atoms with Gasteiger partial charge in [-0.25, -0.2) is 0 Å². The van der Waals surface area contributed by atoms with Crippen LogP contribution in [0.5, 0.6) is 0 Å². The van der Waals surface area contributed by atoms with Crippen LogP contribution < -0.4 is 11.1 Å². The summed E-state index contributed by atoms with van der Waals surface area (Å²) in [7, 11) is 0. The van der Waals surface area contributed by atoms with E-state index >= 15 is 0 Å². The standard InChI is InChI=1S/C15H23BrN2O/c1-3-15(17,4-2)11-18-14(19)10-9-12-7-5-6-8-13(12)16/h5-8H,3-4,9-11,17H2,1-2H3,(H,18,19). The van der Waals surface area contributed by atoms with Crippen LogP contribution in [-0.2, 0) is 11.2 Å². The van der Waals surface area contributed by atoms with Crippen LogP contribution in [0, 0.1) is 0 Å². The molecule has 0 bridgehead atoms. The highest BCUT2D eigenvalue weighted by molar-refractivity contribution is 9.10. The molecule has 19 heavy (non-hydrogen) atoms. The molecule has 0 saturated heterocycles. The predicted octanol–water partition coefficient (Wildman–Crippen LogP) is 3.02. The van der Waals surface area contributed by atoms with Gasteiger partial charge in [-0.15, -0.1) is 0 Å². The van der Waals surface area contributed by atoms with E-state index in [2.05, 4.69) is 35.1 Å². The Balaban J connectivity index is 2.39. The first kappa shape index (κ1) is 16.2. The Kier molecular flexibility index (Phi) is 6.52. The van der Waals surface area contributed by atoms with Crippen molar-refractivity contribution >= 4 is 21.8 Å². The van der Waals surface area contributed by atoms with Gasteiger partial charge in [0.15, 0.2) is 0 Å². The van der Waals surface area contributed by atoms with Crippen molar-refractivity contribution in [3.05, 3.63) is 34.3 Å². The first-order chi connectivity index (χ1) is 9.00. The first-order valence-electron chi connectivity index (χ1n) is 6.79. The lowest BCUT2D eigenvalue weighted by Crippen LogP contribution is -2.49. The quantitative estimate of drug-likeness (QED) is 0.809. The number of nitrogens with one attached hydrogen (secondary N) is 1. The van der Waals surface area contributed by atoms with Gasteiger partial charge in [-0.2, -0.15) is 0 Å². The Morgan fingerprint density at radius 3 is 2.53 bits per heavy atom. The molecule has 0 fully saturated rings. The number of amides is 1. The van der Waals surface area contributed by atoms with Gasteiger partial charge in [-0.05, 0) is 30.9 Å². The summed E-state index contributed by atoms with van der Waals surface area (Å²) in [6, 6.07) is 7.98. The SMILES string of the molecule is CCC(N)(CC)CNC(=O)CCc1ccccc1Br. The molecular formula is C15H23BrN2O. The summed E-state index contributed by atoms with van der Waals surface area (Å²) in [5, 5.41) is 2.94. The van der Waals surface area contributed by atoms with Gasteiger partial charge >= 0.3 is 0 Å². The summed E-state index contributed by atoms with van der Waals surface area (Å²) in [5.74, 6) is 0.0625. The molecule has 0 saturated carbocycles. The van der Waals surface area contributed by atoms with Crippen molar-refractivity contribution in [3.8, 4) is 0 Å². The monoisotopic (exact) mass is 326 g/mol. The van der Waals surface area contributed by atoms with E-state index in [1.54, 1.807) is 0 Å². The van der Waals surface area contributed by atoms with E-state index in [9.17, 15) is 4.79 Å². The minimum absolute atomic E-state index is 0.0625. The zero-order chi connectivity index (χ0) is 14.3. The fourth-order valence-corrected chi connectivity index (χ4v) is 2.30. The number of nitrogens with two attached hydrogens (primary N) is 1. The van der Waals surface area contributed by atoms with Crippen molar-refractivity contribution in [2.45, 2.75) is 45.1 Å². The molecule has 0 aliphatic rings. The molecule has 0 heterocycles. The molecule has 0 aliphatic carbocycles. The first-order valence-corrected chi connectivity index (χ1v) is 7.59. The molecule has 106 valence electrons. The van der Waals surface area contributed by atoms with Crippen LogP contribution >= 0.6 is 15.9 Å². The van der Waals surface area contributed by atoms with Crippen molar-refractivity contribution < 1.29 is 4.79 Å². The van der Waals surface area contributed by atoms with Crippen LogP contribution in [0.15, 0.2) is 28.7 Å². The van der Waals surface area contributed by atoms with Gasteiger partial charge in [0.1, 0.15) is 0 Å². The van der Waals surface area contributed by atoms with Crippen molar-refractivity contribution in [2.24, 2.45) is 5.73 Å². The molecule has 0 aliphatic heterocycles. The maximum atomic E-state index is 11.8. The summed E-state index contributed by atoms with van der Waals surface area (Å²) in [6.07, 6.45) is 2.97. The lowest BCUT2D eigenvalue weighted by Gasteiger charge is -2.26. The zero-order valence-electron chi connectivity index (χ0n) is 11.7. The van der Waals surface area contributed by atoms with E-state index < -0.39 is 0 Å². The number of hydrogen-bond acceptors (Lipinski definition) is 2. The number of carbonyl (C=O) groups excluding carboxylic acids is 1. The van der Waals surface area contributed by atoms with Crippen LogP contribution in [-0.4, -0.2) is 18.0 Å². The molecular weight excluding hydrogens is 304 g/mol. The number of halogens is 1. The third-order valence-corrected chi connectivity index (χ3v) is 4.40. The average Bonchev–Trinajstić information content (AvgIpc) is 2.44. The van der Waals surface area contributed by atoms with E-state index in [1.165, 1.54) is 0 Å². The number of carbonyl (C=O) groups is 1. The van der Waals surface area contributed by atoms with Crippen LogP contribution in [0.25, 0.3) is 0 Å². The van der Waals surface area contributed by atoms with Crippen LogP contribution in [0.2, 0.25) is 0 Å². The fourth-order valence-electron chi connectivity index (χ4n) is 1.81. The van der Waals surface area contributed by atoms with Crippen molar-refractivity contribution in [1.82, 2.24) is 5.32 Å². The molecule has 4 heteroatoms. The summed E-state index contributed by atoms with van der Waals surface area (Å²) in [4.78, 5) is 11.8. The van der Waals surface area contributed by atoms with Crippen LogP contribution in [0.1, 0.15) is 38.7 Å². The molecule has 0 spiro atoms. The summed E-state index contributed by atoms with van der Waals surface area (Å²) >= 11 is 3.49. The van der Waals surface area contributed by atoms with E-state index in [0.717, 1.165) is 29.3 Å². The number of benzene rings is 1. The second-order valence-electron chi connectivity index (χ2n) is 4.94. The molecule has 1 aromatic carbocycles. The number of hydrogen-bond donors (Lipinski definition) is 2. The van der Waals surface area contributed by atoms with Crippen molar-refractivity contribution in [1.29, 1.82) is 0 Å². The summed E-state index contributed by atoms with van der Waals surface area (Å²) in [6.45, 7) is 4.66.